The highest BCUT2D eigenvalue weighted by Gasteiger charge is 2.14. The van der Waals surface area contributed by atoms with Crippen LogP contribution in [0.3, 0.4) is 0 Å². The van der Waals surface area contributed by atoms with Crippen LogP contribution in [0.1, 0.15) is 22.8 Å². The van der Waals surface area contributed by atoms with Gasteiger partial charge in [-0.15, -0.1) is 0 Å². The van der Waals surface area contributed by atoms with E-state index in [-0.39, 0.29) is 17.7 Å². The Morgan fingerprint density at radius 2 is 2.17 bits per heavy atom. The first kappa shape index (κ1) is 13.5. The zero-order valence-electron chi connectivity index (χ0n) is 9.88. The maximum absolute atomic E-state index is 10.9. The molecule has 0 aliphatic carbocycles. The van der Waals surface area contributed by atoms with Crippen LogP contribution in [-0.4, -0.2) is 30.1 Å². The van der Waals surface area contributed by atoms with Crippen LogP contribution in [0, 0.1) is 11.3 Å². The van der Waals surface area contributed by atoms with E-state index in [9.17, 15) is 9.59 Å². The van der Waals surface area contributed by atoms with Crippen molar-refractivity contribution in [2.75, 3.05) is 18.0 Å². The standard InChI is InChI=1S/C12H13N3O3/c1-2-15(7-11(14)16)10-4-3-8(12(17)18)5-9(10)6-13/h3-5H,2,7H2,1H3,(H2,14,16)(H,17,18). The van der Waals surface area contributed by atoms with E-state index in [1.807, 2.05) is 13.0 Å². The maximum atomic E-state index is 10.9. The number of anilines is 1. The van der Waals surface area contributed by atoms with E-state index < -0.39 is 11.9 Å². The van der Waals surface area contributed by atoms with E-state index in [4.69, 9.17) is 16.1 Å². The minimum absolute atomic E-state index is 0.0163. The summed E-state index contributed by atoms with van der Waals surface area (Å²) in [7, 11) is 0. The van der Waals surface area contributed by atoms with Crippen LogP contribution in [0.4, 0.5) is 5.69 Å². The van der Waals surface area contributed by atoms with Crippen molar-refractivity contribution in [2.24, 2.45) is 5.73 Å². The lowest BCUT2D eigenvalue weighted by molar-refractivity contribution is -0.116. The fourth-order valence-corrected chi connectivity index (χ4v) is 1.59. The summed E-state index contributed by atoms with van der Waals surface area (Å²) in [6, 6.07) is 6.10. The average Bonchev–Trinajstić information content (AvgIpc) is 2.34. The van der Waals surface area contributed by atoms with E-state index >= 15 is 0 Å². The lowest BCUT2D eigenvalue weighted by atomic mass is 10.1. The molecule has 1 aromatic carbocycles. The first-order chi connectivity index (χ1) is 8.49. The Morgan fingerprint density at radius 3 is 2.61 bits per heavy atom. The molecule has 0 aromatic heterocycles. The second-order valence-corrected chi connectivity index (χ2v) is 3.63. The van der Waals surface area contributed by atoms with E-state index in [2.05, 4.69) is 0 Å². The van der Waals surface area contributed by atoms with Gasteiger partial charge in [-0.05, 0) is 25.1 Å². The predicted molar refractivity (Wildman–Crippen MR) is 65.2 cm³/mol. The summed E-state index contributed by atoms with van der Waals surface area (Å²) in [4.78, 5) is 23.3. The fraction of sp³-hybridized carbons (Fsp3) is 0.250. The van der Waals surface area contributed by atoms with Gasteiger partial charge >= 0.3 is 5.97 Å². The molecule has 0 unspecified atom stereocenters. The third kappa shape index (κ3) is 2.98. The van der Waals surface area contributed by atoms with Gasteiger partial charge in [-0.3, -0.25) is 4.79 Å². The Kier molecular flexibility index (Phi) is 4.27. The molecule has 0 heterocycles. The zero-order chi connectivity index (χ0) is 13.7. The highest BCUT2D eigenvalue weighted by atomic mass is 16.4. The van der Waals surface area contributed by atoms with Gasteiger partial charge in [-0.1, -0.05) is 0 Å². The summed E-state index contributed by atoms with van der Waals surface area (Å²) in [5, 5.41) is 17.9. The first-order valence-electron chi connectivity index (χ1n) is 5.30. The van der Waals surface area contributed by atoms with Crippen molar-refractivity contribution in [3.8, 4) is 6.07 Å². The Balaban J connectivity index is 3.19. The summed E-state index contributed by atoms with van der Waals surface area (Å²) in [6.45, 7) is 2.29. The molecule has 94 valence electrons. The molecule has 0 aliphatic heterocycles. The van der Waals surface area contributed by atoms with Gasteiger partial charge in [0.05, 0.1) is 23.4 Å². The van der Waals surface area contributed by atoms with Crippen LogP contribution in [0.2, 0.25) is 0 Å². The van der Waals surface area contributed by atoms with Gasteiger partial charge in [0.1, 0.15) is 6.07 Å². The van der Waals surface area contributed by atoms with Crippen molar-refractivity contribution >= 4 is 17.6 Å². The molecule has 0 fully saturated rings. The monoisotopic (exact) mass is 247 g/mol. The molecule has 0 bridgehead atoms. The topological polar surface area (TPSA) is 107 Å². The number of carboxylic acids is 1. The van der Waals surface area contributed by atoms with Crippen LogP contribution in [-0.2, 0) is 4.79 Å². The minimum atomic E-state index is -1.10. The summed E-state index contributed by atoms with van der Waals surface area (Å²) in [5.41, 5.74) is 5.86. The van der Waals surface area contributed by atoms with Crippen molar-refractivity contribution in [3.05, 3.63) is 29.3 Å². The molecule has 1 amide bonds. The number of aromatic carboxylic acids is 1. The normalized spacial score (nSPS) is 9.56. The molecule has 3 N–H and O–H groups in total. The molecule has 0 saturated heterocycles. The second-order valence-electron chi connectivity index (χ2n) is 3.63. The Morgan fingerprint density at radius 1 is 1.50 bits per heavy atom. The lowest BCUT2D eigenvalue weighted by Gasteiger charge is -2.22. The van der Waals surface area contributed by atoms with Crippen molar-refractivity contribution in [1.29, 1.82) is 5.26 Å². The van der Waals surface area contributed by atoms with Gasteiger partial charge in [0, 0.05) is 6.54 Å². The molecule has 0 atom stereocenters. The van der Waals surface area contributed by atoms with Crippen LogP contribution in [0.15, 0.2) is 18.2 Å². The molecule has 0 saturated carbocycles. The number of carboxylic acid groups (broad SMARTS) is 1. The molecule has 0 aliphatic rings. The zero-order valence-corrected chi connectivity index (χ0v) is 9.88. The summed E-state index contributed by atoms with van der Waals surface area (Å²) in [6.07, 6.45) is 0. The number of likely N-dealkylation sites (N-methyl/N-ethyl adjacent to an activating group) is 1. The van der Waals surface area contributed by atoms with E-state index in [1.165, 1.54) is 18.2 Å². The van der Waals surface area contributed by atoms with Crippen molar-refractivity contribution in [2.45, 2.75) is 6.92 Å². The predicted octanol–water partition coefficient (Wildman–Crippen LogP) is 0.568. The molecule has 6 heteroatoms. The van der Waals surface area contributed by atoms with Gasteiger partial charge in [0.25, 0.3) is 0 Å². The number of benzene rings is 1. The quantitative estimate of drug-likeness (QED) is 0.790. The van der Waals surface area contributed by atoms with Gasteiger partial charge in [-0.25, -0.2) is 4.79 Å². The number of carbonyl (C=O) groups excluding carboxylic acids is 1. The SMILES string of the molecule is CCN(CC(N)=O)c1ccc(C(=O)O)cc1C#N. The number of nitriles is 1. The number of hydrogen-bond donors (Lipinski definition) is 2. The van der Waals surface area contributed by atoms with E-state index in [1.54, 1.807) is 4.90 Å². The molecule has 6 nitrogen and oxygen atoms in total. The average molecular weight is 247 g/mol. The van der Waals surface area contributed by atoms with Gasteiger partial charge in [0.2, 0.25) is 5.91 Å². The number of nitrogens with two attached hydrogens (primary N) is 1. The summed E-state index contributed by atoms with van der Waals surface area (Å²) < 4.78 is 0. The summed E-state index contributed by atoms with van der Waals surface area (Å²) in [5.74, 6) is -1.61. The lowest BCUT2D eigenvalue weighted by Crippen LogP contribution is -2.34. The van der Waals surface area contributed by atoms with Crippen LogP contribution in [0.5, 0.6) is 0 Å². The van der Waals surface area contributed by atoms with Crippen molar-refractivity contribution < 1.29 is 14.7 Å². The van der Waals surface area contributed by atoms with Gasteiger partial charge < -0.3 is 15.7 Å². The molecule has 0 radical (unpaired) electrons. The first-order valence-corrected chi connectivity index (χ1v) is 5.30. The van der Waals surface area contributed by atoms with Crippen molar-refractivity contribution in [3.63, 3.8) is 0 Å². The minimum Gasteiger partial charge on any atom is -0.478 e. The number of carbonyl (C=O) groups is 2. The van der Waals surface area contributed by atoms with Gasteiger partial charge in [-0.2, -0.15) is 5.26 Å². The number of rotatable bonds is 5. The van der Waals surface area contributed by atoms with Crippen LogP contribution >= 0.6 is 0 Å². The maximum Gasteiger partial charge on any atom is 0.335 e. The van der Waals surface area contributed by atoms with Crippen molar-refractivity contribution in [1.82, 2.24) is 0 Å². The molecular weight excluding hydrogens is 234 g/mol. The Hall–Kier alpha value is -2.55. The van der Waals surface area contributed by atoms with Crippen LogP contribution < -0.4 is 10.6 Å². The number of hydrogen-bond acceptors (Lipinski definition) is 4. The molecule has 1 aromatic rings. The molecule has 0 spiro atoms. The number of primary amides is 1. The third-order valence-corrected chi connectivity index (χ3v) is 2.43. The van der Waals surface area contributed by atoms with E-state index in [0.717, 1.165) is 0 Å². The molecule has 18 heavy (non-hydrogen) atoms. The molecule has 1 rings (SSSR count). The van der Waals surface area contributed by atoms with E-state index in [0.29, 0.717) is 12.2 Å². The van der Waals surface area contributed by atoms with Crippen LogP contribution in [0.25, 0.3) is 0 Å². The largest absolute Gasteiger partial charge is 0.478 e. The highest BCUT2D eigenvalue weighted by Crippen LogP contribution is 2.21. The second kappa shape index (κ2) is 5.68. The number of amides is 1. The number of nitrogens with zero attached hydrogens (tertiary/aromatic N) is 2. The summed E-state index contributed by atoms with van der Waals surface area (Å²) >= 11 is 0. The smallest absolute Gasteiger partial charge is 0.335 e. The Bertz CT molecular complexity index is 520. The Labute approximate surface area is 104 Å². The van der Waals surface area contributed by atoms with Gasteiger partial charge in [0.15, 0.2) is 0 Å². The molecular formula is C12H13N3O3. The fourth-order valence-electron chi connectivity index (χ4n) is 1.59. The highest BCUT2D eigenvalue weighted by molar-refractivity contribution is 5.89. The third-order valence-electron chi connectivity index (χ3n) is 2.43.